The van der Waals surface area contributed by atoms with Gasteiger partial charge in [-0.25, -0.2) is 0 Å². The summed E-state index contributed by atoms with van der Waals surface area (Å²) in [6.45, 7) is 0. The minimum atomic E-state index is 0.370. The minimum Gasteiger partial charge on any atom is -0.198 e. The summed E-state index contributed by atoms with van der Waals surface area (Å²) in [7, 11) is 0. The molecule has 0 N–H and O–H groups in total. The first-order valence-corrected chi connectivity index (χ1v) is 3.35. The lowest BCUT2D eigenvalue weighted by Crippen LogP contribution is -1.47. The van der Waals surface area contributed by atoms with Crippen molar-refractivity contribution in [2.45, 2.75) is 0 Å². The molecule has 1 aromatic heterocycles. The number of aromatic nitrogens is 1. The first kappa shape index (κ1) is 5.84. The van der Waals surface area contributed by atoms with Crippen LogP contribution in [-0.2, 0) is 0 Å². The van der Waals surface area contributed by atoms with Gasteiger partial charge in [-0.15, -0.1) is 4.91 Å². The van der Waals surface area contributed by atoms with Gasteiger partial charge >= 0.3 is 0 Å². The SMILES string of the molecule is O=Nc1cnsc1Br. The van der Waals surface area contributed by atoms with Crippen molar-refractivity contribution in [1.29, 1.82) is 0 Å². The predicted molar refractivity (Wildman–Crippen MR) is 35.3 cm³/mol. The molecule has 0 saturated carbocycles. The summed E-state index contributed by atoms with van der Waals surface area (Å²) in [6.07, 6.45) is 1.42. The van der Waals surface area contributed by atoms with E-state index in [-0.39, 0.29) is 0 Å². The molecule has 42 valence electrons. The van der Waals surface area contributed by atoms with Crippen molar-refractivity contribution in [3.05, 3.63) is 14.9 Å². The van der Waals surface area contributed by atoms with Crippen molar-refractivity contribution >= 4 is 33.1 Å². The van der Waals surface area contributed by atoms with E-state index >= 15 is 0 Å². The first-order chi connectivity index (χ1) is 3.84. The number of nitrogens with zero attached hydrogens (tertiary/aromatic N) is 2. The molecule has 0 aliphatic carbocycles. The van der Waals surface area contributed by atoms with Gasteiger partial charge in [-0.3, -0.25) is 0 Å². The van der Waals surface area contributed by atoms with E-state index < -0.39 is 0 Å². The van der Waals surface area contributed by atoms with E-state index in [9.17, 15) is 4.91 Å². The highest BCUT2D eigenvalue weighted by Gasteiger charge is 1.98. The first-order valence-electron chi connectivity index (χ1n) is 1.78. The number of rotatable bonds is 1. The molecule has 8 heavy (non-hydrogen) atoms. The van der Waals surface area contributed by atoms with Crippen molar-refractivity contribution in [1.82, 2.24) is 4.37 Å². The third kappa shape index (κ3) is 0.924. The van der Waals surface area contributed by atoms with Gasteiger partial charge < -0.3 is 0 Å². The molecule has 1 aromatic rings. The topological polar surface area (TPSA) is 42.3 Å². The molecule has 0 radical (unpaired) electrons. The Morgan fingerprint density at radius 3 is 2.88 bits per heavy atom. The zero-order chi connectivity index (χ0) is 5.98. The Morgan fingerprint density at radius 2 is 2.62 bits per heavy atom. The second-order valence-corrected chi connectivity index (χ2v) is 3.20. The molecule has 0 aliphatic rings. The van der Waals surface area contributed by atoms with Crippen LogP contribution in [0, 0.1) is 4.91 Å². The molecule has 0 spiro atoms. The fourth-order valence-corrected chi connectivity index (χ4v) is 1.13. The normalized spacial score (nSPS) is 9.12. The molecule has 0 unspecified atom stereocenters. The summed E-state index contributed by atoms with van der Waals surface area (Å²) < 4.78 is 4.38. The molecule has 1 heterocycles. The molecule has 0 amide bonds. The predicted octanol–water partition coefficient (Wildman–Crippen LogP) is 2.30. The van der Waals surface area contributed by atoms with Crippen LogP contribution < -0.4 is 0 Å². The van der Waals surface area contributed by atoms with Crippen LogP contribution in [0.15, 0.2) is 15.2 Å². The Balaban J connectivity index is 3.09. The molecule has 1 rings (SSSR count). The van der Waals surface area contributed by atoms with Crippen LogP contribution in [0.1, 0.15) is 0 Å². The number of hydrogen-bond donors (Lipinski definition) is 0. The summed E-state index contributed by atoms with van der Waals surface area (Å²) in [5, 5.41) is 2.68. The van der Waals surface area contributed by atoms with Crippen LogP contribution in [-0.4, -0.2) is 4.37 Å². The summed E-state index contributed by atoms with van der Waals surface area (Å²) in [5.74, 6) is 0. The lowest BCUT2D eigenvalue weighted by molar-refractivity contribution is 1.47. The highest BCUT2D eigenvalue weighted by molar-refractivity contribution is 9.11. The van der Waals surface area contributed by atoms with Crippen LogP contribution in [0.4, 0.5) is 5.69 Å². The average molecular weight is 193 g/mol. The molecule has 0 saturated heterocycles. The monoisotopic (exact) mass is 192 g/mol. The van der Waals surface area contributed by atoms with Gasteiger partial charge in [-0.1, -0.05) is 0 Å². The number of halogens is 1. The number of hydrogen-bond acceptors (Lipinski definition) is 4. The van der Waals surface area contributed by atoms with Crippen molar-refractivity contribution in [3.63, 3.8) is 0 Å². The van der Waals surface area contributed by atoms with Crippen LogP contribution in [0.2, 0.25) is 0 Å². The Kier molecular flexibility index (Phi) is 1.69. The summed E-state index contributed by atoms with van der Waals surface area (Å²) in [5.41, 5.74) is 0.370. The van der Waals surface area contributed by atoms with E-state index in [0.29, 0.717) is 9.47 Å². The minimum absolute atomic E-state index is 0.370. The van der Waals surface area contributed by atoms with Crippen molar-refractivity contribution in [3.8, 4) is 0 Å². The lowest BCUT2D eigenvalue weighted by atomic mass is 10.6. The van der Waals surface area contributed by atoms with Crippen molar-refractivity contribution in [2.75, 3.05) is 0 Å². The van der Waals surface area contributed by atoms with Crippen LogP contribution >= 0.6 is 27.5 Å². The molecule has 0 fully saturated rings. The maximum Gasteiger partial charge on any atom is 0.153 e. The van der Waals surface area contributed by atoms with Gasteiger partial charge in [-0.05, 0) is 32.6 Å². The maximum absolute atomic E-state index is 9.78. The van der Waals surface area contributed by atoms with E-state index in [0.717, 1.165) is 0 Å². The zero-order valence-electron chi connectivity index (χ0n) is 3.67. The van der Waals surface area contributed by atoms with E-state index in [1.165, 1.54) is 17.7 Å². The molecular weight excluding hydrogens is 192 g/mol. The van der Waals surface area contributed by atoms with E-state index in [4.69, 9.17) is 0 Å². The van der Waals surface area contributed by atoms with Crippen molar-refractivity contribution in [2.24, 2.45) is 5.18 Å². The lowest BCUT2D eigenvalue weighted by Gasteiger charge is -1.72. The highest BCUT2D eigenvalue weighted by atomic mass is 79.9. The van der Waals surface area contributed by atoms with Crippen LogP contribution in [0.25, 0.3) is 0 Å². The standard InChI is InChI=1S/C3HBrN2OS/c4-3-2(6-7)1-5-8-3/h1H. The highest BCUT2D eigenvalue weighted by Crippen LogP contribution is 2.27. The smallest absolute Gasteiger partial charge is 0.153 e. The van der Waals surface area contributed by atoms with Gasteiger partial charge in [0.05, 0.1) is 6.20 Å². The van der Waals surface area contributed by atoms with Gasteiger partial charge in [0.25, 0.3) is 0 Å². The third-order valence-corrected chi connectivity index (χ3v) is 2.03. The third-order valence-electron chi connectivity index (χ3n) is 0.608. The molecule has 5 heteroatoms. The molecule has 3 nitrogen and oxygen atoms in total. The maximum atomic E-state index is 9.78. The van der Waals surface area contributed by atoms with Crippen LogP contribution in [0.3, 0.4) is 0 Å². The summed E-state index contributed by atoms with van der Waals surface area (Å²) in [4.78, 5) is 9.78. The Bertz CT molecular complexity index is 199. The molecule has 0 bridgehead atoms. The molecule has 0 atom stereocenters. The van der Waals surface area contributed by atoms with Gasteiger partial charge in [0.2, 0.25) is 0 Å². The fraction of sp³-hybridized carbons (Fsp3) is 0. The zero-order valence-corrected chi connectivity index (χ0v) is 6.07. The largest absolute Gasteiger partial charge is 0.198 e. The summed E-state index contributed by atoms with van der Waals surface area (Å²) in [6, 6.07) is 0. The number of nitroso groups, excluding NO2 is 1. The second kappa shape index (κ2) is 2.32. The van der Waals surface area contributed by atoms with E-state index in [1.54, 1.807) is 0 Å². The quantitative estimate of drug-likeness (QED) is 0.642. The Labute approximate surface area is 58.0 Å². The molecular formula is C3HBrN2OS. The van der Waals surface area contributed by atoms with Crippen LogP contribution in [0.5, 0.6) is 0 Å². The van der Waals surface area contributed by atoms with Gasteiger partial charge in [0, 0.05) is 0 Å². The Morgan fingerprint density at radius 1 is 1.88 bits per heavy atom. The fourth-order valence-electron chi connectivity index (χ4n) is 0.280. The van der Waals surface area contributed by atoms with E-state index in [1.807, 2.05) is 0 Å². The molecule has 0 aliphatic heterocycles. The summed E-state index contributed by atoms with van der Waals surface area (Å²) >= 11 is 4.29. The van der Waals surface area contributed by atoms with Crippen molar-refractivity contribution < 1.29 is 0 Å². The van der Waals surface area contributed by atoms with Gasteiger partial charge in [0.1, 0.15) is 3.79 Å². The van der Waals surface area contributed by atoms with Gasteiger partial charge in [-0.2, -0.15) is 4.37 Å². The second-order valence-electron chi connectivity index (χ2n) is 1.08. The van der Waals surface area contributed by atoms with E-state index in [2.05, 4.69) is 25.5 Å². The average Bonchev–Trinajstić information content (AvgIpc) is 2.14. The Hall–Kier alpha value is -0.290. The molecule has 0 aromatic carbocycles. The van der Waals surface area contributed by atoms with Gasteiger partial charge in [0.15, 0.2) is 5.69 Å².